The molecule has 1 saturated heterocycles. The largest absolute Gasteiger partial charge is 0.335 e. The van der Waals surface area contributed by atoms with Crippen molar-refractivity contribution in [2.24, 2.45) is 7.05 Å². The molecule has 2 heterocycles. The van der Waals surface area contributed by atoms with Crippen LogP contribution in [0.5, 0.6) is 0 Å². The van der Waals surface area contributed by atoms with Gasteiger partial charge in [0.1, 0.15) is 0 Å². The lowest BCUT2D eigenvalue weighted by molar-refractivity contribution is 0.403. The number of nitrogens with one attached hydrogen (secondary N) is 1. The SMILES string of the molecule is Cn1nnnc1N1CCCC1CNC(C)(C)C. The van der Waals surface area contributed by atoms with Crippen LogP contribution >= 0.6 is 0 Å². The van der Waals surface area contributed by atoms with Gasteiger partial charge in [0, 0.05) is 31.7 Å². The molecule has 0 bridgehead atoms. The van der Waals surface area contributed by atoms with E-state index in [4.69, 9.17) is 0 Å². The van der Waals surface area contributed by atoms with Crippen LogP contribution in [0, 0.1) is 0 Å². The molecule has 2 rings (SSSR count). The summed E-state index contributed by atoms with van der Waals surface area (Å²) in [6, 6.07) is 0.499. The molecule has 0 spiro atoms. The lowest BCUT2D eigenvalue weighted by atomic mass is 10.1. The first kappa shape index (κ1) is 12.3. The number of anilines is 1. The summed E-state index contributed by atoms with van der Waals surface area (Å²) in [6.07, 6.45) is 2.42. The van der Waals surface area contributed by atoms with Crippen LogP contribution in [0.3, 0.4) is 0 Å². The first-order valence-electron chi connectivity index (χ1n) is 6.21. The highest BCUT2D eigenvalue weighted by Gasteiger charge is 2.28. The van der Waals surface area contributed by atoms with Crippen LogP contribution < -0.4 is 10.2 Å². The molecule has 0 aliphatic carbocycles. The number of nitrogens with zero attached hydrogens (tertiary/aromatic N) is 5. The summed E-state index contributed by atoms with van der Waals surface area (Å²) in [5.74, 6) is 0.878. The Morgan fingerprint density at radius 3 is 2.76 bits per heavy atom. The number of aryl methyl sites for hydroxylation is 1. The smallest absolute Gasteiger partial charge is 0.245 e. The number of rotatable bonds is 3. The highest BCUT2D eigenvalue weighted by molar-refractivity contribution is 5.32. The Morgan fingerprint density at radius 1 is 1.41 bits per heavy atom. The molecule has 1 aliphatic heterocycles. The first-order valence-corrected chi connectivity index (χ1v) is 6.21. The average Bonchev–Trinajstić information content (AvgIpc) is 2.81. The quantitative estimate of drug-likeness (QED) is 0.834. The summed E-state index contributed by atoms with van der Waals surface area (Å²) < 4.78 is 1.75. The fourth-order valence-corrected chi connectivity index (χ4v) is 2.20. The van der Waals surface area contributed by atoms with Gasteiger partial charge in [0.15, 0.2) is 0 Å². The molecule has 1 aromatic heterocycles. The third-order valence-corrected chi connectivity index (χ3v) is 3.10. The summed E-state index contributed by atoms with van der Waals surface area (Å²) in [7, 11) is 1.89. The molecular formula is C11H22N6. The number of tetrazole rings is 1. The van der Waals surface area contributed by atoms with Gasteiger partial charge in [-0.15, -0.1) is 0 Å². The Hall–Kier alpha value is -1.17. The van der Waals surface area contributed by atoms with Gasteiger partial charge < -0.3 is 10.2 Å². The summed E-state index contributed by atoms with van der Waals surface area (Å²) >= 11 is 0. The molecular weight excluding hydrogens is 216 g/mol. The van der Waals surface area contributed by atoms with Crippen LogP contribution in [0.2, 0.25) is 0 Å². The van der Waals surface area contributed by atoms with Crippen molar-refractivity contribution in [2.45, 2.75) is 45.2 Å². The van der Waals surface area contributed by atoms with Crippen molar-refractivity contribution < 1.29 is 0 Å². The maximum Gasteiger partial charge on any atom is 0.245 e. The van der Waals surface area contributed by atoms with Crippen molar-refractivity contribution in [3.8, 4) is 0 Å². The molecule has 0 aromatic carbocycles. The van der Waals surface area contributed by atoms with Crippen molar-refractivity contribution in [2.75, 3.05) is 18.0 Å². The van der Waals surface area contributed by atoms with E-state index in [0.29, 0.717) is 6.04 Å². The Bertz CT molecular complexity index is 366. The second kappa shape index (κ2) is 4.60. The van der Waals surface area contributed by atoms with Gasteiger partial charge in [-0.2, -0.15) is 0 Å². The van der Waals surface area contributed by atoms with Gasteiger partial charge in [-0.05, 0) is 44.0 Å². The Morgan fingerprint density at radius 2 is 2.18 bits per heavy atom. The van der Waals surface area contributed by atoms with Crippen molar-refractivity contribution in [1.82, 2.24) is 25.5 Å². The molecule has 1 aliphatic rings. The molecule has 1 atom stereocenters. The van der Waals surface area contributed by atoms with Crippen LogP contribution in [0.1, 0.15) is 33.6 Å². The van der Waals surface area contributed by atoms with Crippen LogP contribution in [-0.2, 0) is 7.05 Å². The molecule has 1 aromatic rings. The maximum atomic E-state index is 4.09. The van der Waals surface area contributed by atoms with Gasteiger partial charge in [0.05, 0.1) is 0 Å². The van der Waals surface area contributed by atoms with Gasteiger partial charge in [-0.1, -0.05) is 5.10 Å². The molecule has 0 saturated carbocycles. The van der Waals surface area contributed by atoms with Crippen molar-refractivity contribution in [1.29, 1.82) is 0 Å². The zero-order valence-corrected chi connectivity index (χ0v) is 11.1. The van der Waals surface area contributed by atoms with Gasteiger partial charge in [0.2, 0.25) is 5.95 Å². The lowest BCUT2D eigenvalue weighted by Crippen LogP contribution is -2.45. The highest BCUT2D eigenvalue weighted by atomic mass is 15.6. The van der Waals surface area contributed by atoms with E-state index in [9.17, 15) is 0 Å². The van der Waals surface area contributed by atoms with E-state index in [1.54, 1.807) is 4.68 Å². The normalized spacial score (nSPS) is 21.2. The third-order valence-electron chi connectivity index (χ3n) is 3.10. The van der Waals surface area contributed by atoms with E-state index in [2.05, 4.69) is 46.5 Å². The standard InChI is InChI=1S/C11H22N6/c1-11(2,3)12-8-9-6-5-7-17(9)10-13-14-15-16(10)4/h9,12H,5-8H2,1-4H3. The topological polar surface area (TPSA) is 58.9 Å². The third kappa shape index (κ3) is 2.94. The molecule has 1 N–H and O–H groups in total. The van der Waals surface area contributed by atoms with Gasteiger partial charge in [0.25, 0.3) is 0 Å². The Kier molecular flexibility index (Phi) is 3.33. The van der Waals surface area contributed by atoms with Crippen LogP contribution in [0.25, 0.3) is 0 Å². The fourth-order valence-electron chi connectivity index (χ4n) is 2.20. The molecule has 6 heteroatoms. The molecule has 0 radical (unpaired) electrons. The Balaban J connectivity index is 2.01. The number of hydrogen-bond acceptors (Lipinski definition) is 5. The van der Waals surface area contributed by atoms with E-state index in [-0.39, 0.29) is 5.54 Å². The molecule has 6 nitrogen and oxygen atoms in total. The number of hydrogen-bond donors (Lipinski definition) is 1. The second-order valence-corrected chi connectivity index (χ2v) is 5.72. The Labute approximate surface area is 102 Å². The summed E-state index contributed by atoms with van der Waals surface area (Å²) in [4.78, 5) is 2.30. The zero-order valence-electron chi connectivity index (χ0n) is 11.1. The maximum absolute atomic E-state index is 4.09. The predicted molar refractivity (Wildman–Crippen MR) is 66.9 cm³/mol. The van der Waals surface area contributed by atoms with Crippen LogP contribution in [0.15, 0.2) is 0 Å². The van der Waals surface area contributed by atoms with Crippen molar-refractivity contribution in [3.05, 3.63) is 0 Å². The fraction of sp³-hybridized carbons (Fsp3) is 0.909. The molecule has 96 valence electrons. The summed E-state index contributed by atoms with van der Waals surface area (Å²) in [5, 5.41) is 15.3. The summed E-state index contributed by atoms with van der Waals surface area (Å²) in [6.45, 7) is 8.60. The minimum Gasteiger partial charge on any atom is -0.335 e. The second-order valence-electron chi connectivity index (χ2n) is 5.72. The van der Waals surface area contributed by atoms with Gasteiger partial charge in [-0.25, -0.2) is 4.68 Å². The molecule has 1 unspecified atom stereocenters. The van der Waals surface area contributed by atoms with E-state index in [1.165, 1.54) is 12.8 Å². The number of aromatic nitrogens is 4. The molecule has 17 heavy (non-hydrogen) atoms. The van der Waals surface area contributed by atoms with Crippen LogP contribution in [-0.4, -0.2) is 44.9 Å². The van der Waals surface area contributed by atoms with E-state index < -0.39 is 0 Å². The zero-order chi connectivity index (χ0) is 12.5. The summed E-state index contributed by atoms with van der Waals surface area (Å²) in [5.41, 5.74) is 0.159. The van der Waals surface area contributed by atoms with E-state index in [0.717, 1.165) is 19.0 Å². The van der Waals surface area contributed by atoms with E-state index in [1.807, 2.05) is 7.05 Å². The lowest BCUT2D eigenvalue weighted by Gasteiger charge is -2.28. The average molecular weight is 238 g/mol. The van der Waals surface area contributed by atoms with Crippen LogP contribution in [0.4, 0.5) is 5.95 Å². The predicted octanol–water partition coefficient (Wildman–Crippen LogP) is 0.567. The first-order chi connectivity index (χ1) is 7.97. The minimum absolute atomic E-state index is 0.159. The van der Waals surface area contributed by atoms with Gasteiger partial charge in [-0.3, -0.25) is 0 Å². The molecule has 0 amide bonds. The highest BCUT2D eigenvalue weighted by Crippen LogP contribution is 2.22. The minimum atomic E-state index is 0.159. The monoisotopic (exact) mass is 238 g/mol. The molecule has 1 fully saturated rings. The van der Waals surface area contributed by atoms with Gasteiger partial charge >= 0.3 is 0 Å². The van der Waals surface area contributed by atoms with Crippen molar-refractivity contribution >= 4 is 5.95 Å². The van der Waals surface area contributed by atoms with E-state index >= 15 is 0 Å². The van der Waals surface area contributed by atoms with Crippen molar-refractivity contribution in [3.63, 3.8) is 0 Å².